The lowest BCUT2D eigenvalue weighted by molar-refractivity contribution is -0.142. The van der Waals surface area contributed by atoms with Gasteiger partial charge in [-0.05, 0) is 36.2 Å². The predicted octanol–water partition coefficient (Wildman–Crippen LogP) is 3.28. The molecule has 0 radical (unpaired) electrons. The average molecular weight is 405 g/mol. The quantitative estimate of drug-likeness (QED) is 0.696. The molecule has 2 aromatic rings. The van der Waals surface area contributed by atoms with Crippen LogP contribution in [0.15, 0.2) is 48.5 Å². The van der Waals surface area contributed by atoms with Crippen LogP contribution in [-0.4, -0.2) is 43.5 Å². The Balaban J connectivity index is 2.19. The summed E-state index contributed by atoms with van der Waals surface area (Å²) in [6.45, 7) is 1.93. The second kappa shape index (κ2) is 10.6. The van der Waals surface area contributed by atoms with Gasteiger partial charge >= 0.3 is 0 Å². The number of likely N-dealkylation sites (N-methyl/N-ethyl adjacent to an activating group) is 1. The van der Waals surface area contributed by atoms with Crippen LogP contribution in [-0.2, 0) is 16.1 Å². The fourth-order valence-corrected chi connectivity index (χ4v) is 2.96. The molecule has 6 nitrogen and oxygen atoms in total. The first-order chi connectivity index (χ1) is 13.5. The van der Waals surface area contributed by atoms with Crippen LogP contribution in [0, 0.1) is 0 Å². The van der Waals surface area contributed by atoms with Gasteiger partial charge < -0.3 is 19.7 Å². The summed E-state index contributed by atoms with van der Waals surface area (Å²) in [6.07, 6.45) is 0.480. The number of para-hydroxylation sites is 2. The zero-order valence-electron chi connectivity index (χ0n) is 16.3. The summed E-state index contributed by atoms with van der Waals surface area (Å²) >= 11 is 5.94. The van der Waals surface area contributed by atoms with Gasteiger partial charge in [0.05, 0.1) is 7.11 Å². The number of ether oxygens (including phenoxy) is 2. The first-order valence-electron chi connectivity index (χ1n) is 9.01. The van der Waals surface area contributed by atoms with Crippen molar-refractivity contribution >= 4 is 23.4 Å². The van der Waals surface area contributed by atoms with E-state index < -0.39 is 6.04 Å². The lowest BCUT2D eigenvalue weighted by Gasteiger charge is -2.30. The van der Waals surface area contributed by atoms with Gasteiger partial charge in [0.25, 0.3) is 5.91 Å². The lowest BCUT2D eigenvalue weighted by Crippen LogP contribution is -2.49. The van der Waals surface area contributed by atoms with Crippen LogP contribution < -0.4 is 14.8 Å². The van der Waals surface area contributed by atoms with Gasteiger partial charge in [0, 0.05) is 18.6 Å². The first-order valence-corrected chi connectivity index (χ1v) is 9.39. The van der Waals surface area contributed by atoms with E-state index in [1.54, 1.807) is 37.4 Å². The van der Waals surface area contributed by atoms with Crippen molar-refractivity contribution < 1.29 is 19.1 Å². The third-order valence-electron chi connectivity index (χ3n) is 4.32. The molecule has 2 amide bonds. The fraction of sp³-hybridized carbons (Fsp3) is 0.333. The summed E-state index contributed by atoms with van der Waals surface area (Å²) in [5.74, 6) is 0.495. The molecule has 0 aliphatic heterocycles. The predicted molar refractivity (Wildman–Crippen MR) is 109 cm³/mol. The molecule has 0 bridgehead atoms. The van der Waals surface area contributed by atoms with Crippen LogP contribution in [0.4, 0.5) is 0 Å². The Morgan fingerprint density at radius 2 is 1.75 bits per heavy atom. The van der Waals surface area contributed by atoms with Crippen molar-refractivity contribution in [2.24, 2.45) is 0 Å². The summed E-state index contributed by atoms with van der Waals surface area (Å²) in [7, 11) is 3.09. The standard InChI is InChI=1S/C21H25ClN2O4/c1-4-17(21(26)23-2)24(13-15-9-11-16(22)12-10-15)20(25)14-28-19-8-6-5-7-18(19)27-3/h5-12,17H,4,13-14H2,1-3H3,(H,23,26)/t17-/m0/s1. The Bertz CT molecular complexity index is 795. The largest absolute Gasteiger partial charge is 0.493 e. The molecular weight excluding hydrogens is 380 g/mol. The molecular formula is C21H25ClN2O4. The van der Waals surface area contributed by atoms with E-state index in [9.17, 15) is 9.59 Å². The molecule has 0 aliphatic carbocycles. The van der Waals surface area contributed by atoms with Gasteiger partial charge in [-0.1, -0.05) is 42.8 Å². The van der Waals surface area contributed by atoms with Crippen LogP contribution in [0.2, 0.25) is 5.02 Å². The highest BCUT2D eigenvalue weighted by atomic mass is 35.5. The van der Waals surface area contributed by atoms with Crippen molar-refractivity contribution in [3.8, 4) is 11.5 Å². The molecule has 0 heterocycles. The number of amides is 2. The summed E-state index contributed by atoms with van der Waals surface area (Å²) in [4.78, 5) is 26.8. The number of rotatable bonds is 9. The monoisotopic (exact) mass is 404 g/mol. The summed E-state index contributed by atoms with van der Waals surface area (Å²) in [5.41, 5.74) is 0.873. The maximum absolute atomic E-state index is 13.0. The van der Waals surface area contributed by atoms with Gasteiger partial charge in [0.1, 0.15) is 6.04 Å². The van der Waals surface area contributed by atoms with Crippen LogP contribution in [0.25, 0.3) is 0 Å². The van der Waals surface area contributed by atoms with Crippen molar-refractivity contribution in [3.63, 3.8) is 0 Å². The topological polar surface area (TPSA) is 67.9 Å². The Morgan fingerprint density at radius 3 is 2.32 bits per heavy atom. The van der Waals surface area contributed by atoms with Crippen LogP contribution in [0.5, 0.6) is 11.5 Å². The molecule has 1 N–H and O–H groups in total. The van der Waals surface area contributed by atoms with Crippen molar-refractivity contribution in [2.45, 2.75) is 25.9 Å². The number of nitrogens with one attached hydrogen (secondary N) is 1. The molecule has 1 atom stereocenters. The van der Waals surface area contributed by atoms with E-state index in [1.165, 1.54) is 12.0 Å². The number of hydrogen-bond donors (Lipinski definition) is 1. The molecule has 7 heteroatoms. The van der Waals surface area contributed by atoms with E-state index in [1.807, 2.05) is 25.1 Å². The van der Waals surface area contributed by atoms with Crippen molar-refractivity contribution in [1.29, 1.82) is 0 Å². The van der Waals surface area contributed by atoms with E-state index in [2.05, 4.69) is 5.32 Å². The van der Waals surface area contributed by atoms with Gasteiger partial charge in [-0.3, -0.25) is 9.59 Å². The molecule has 0 spiro atoms. The molecule has 2 aromatic carbocycles. The Hall–Kier alpha value is -2.73. The van der Waals surface area contributed by atoms with Gasteiger partial charge in [-0.25, -0.2) is 0 Å². The van der Waals surface area contributed by atoms with E-state index >= 15 is 0 Å². The Morgan fingerprint density at radius 1 is 1.11 bits per heavy atom. The van der Waals surface area contributed by atoms with Crippen LogP contribution >= 0.6 is 11.6 Å². The second-order valence-corrected chi connectivity index (χ2v) is 6.56. The highest BCUT2D eigenvalue weighted by molar-refractivity contribution is 6.30. The maximum atomic E-state index is 13.0. The highest BCUT2D eigenvalue weighted by Crippen LogP contribution is 2.26. The summed E-state index contributed by atoms with van der Waals surface area (Å²) < 4.78 is 10.9. The van der Waals surface area contributed by atoms with Gasteiger partial charge in [0.2, 0.25) is 5.91 Å². The van der Waals surface area contributed by atoms with E-state index in [0.717, 1.165) is 5.56 Å². The van der Waals surface area contributed by atoms with E-state index in [-0.39, 0.29) is 25.0 Å². The van der Waals surface area contributed by atoms with E-state index in [4.69, 9.17) is 21.1 Å². The summed E-state index contributed by atoms with van der Waals surface area (Å²) in [6, 6.07) is 13.7. The summed E-state index contributed by atoms with van der Waals surface area (Å²) in [5, 5.41) is 3.23. The molecule has 28 heavy (non-hydrogen) atoms. The van der Waals surface area contributed by atoms with Crippen molar-refractivity contribution in [3.05, 3.63) is 59.1 Å². The molecule has 2 rings (SSSR count). The average Bonchev–Trinajstić information content (AvgIpc) is 2.73. The molecule has 0 saturated heterocycles. The maximum Gasteiger partial charge on any atom is 0.261 e. The Labute approximate surface area is 170 Å². The fourth-order valence-electron chi connectivity index (χ4n) is 2.83. The number of carbonyl (C=O) groups is 2. The first kappa shape index (κ1) is 21.6. The number of halogens is 1. The number of hydrogen-bond acceptors (Lipinski definition) is 4. The highest BCUT2D eigenvalue weighted by Gasteiger charge is 2.28. The van der Waals surface area contributed by atoms with Gasteiger partial charge in [0.15, 0.2) is 18.1 Å². The van der Waals surface area contributed by atoms with Crippen molar-refractivity contribution in [1.82, 2.24) is 10.2 Å². The molecule has 150 valence electrons. The molecule has 0 saturated carbocycles. The zero-order chi connectivity index (χ0) is 20.5. The third kappa shape index (κ3) is 5.63. The molecule has 0 aromatic heterocycles. The molecule has 0 fully saturated rings. The number of methoxy groups -OCH3 is 1. The molecule has 0 aliphatic rings. The second-order valence-electron chi connectivity index (χ2n) is 6.13. The minimum Gasteiger partial charge on any atom is -0.493 e. The Kier molecular flexibility index (Phi) is 8.14. The SMILES string of the molecule is CC[C@@H](C(=O)NC)N(Cc1ccc(Cl)cc1)C(=O)COc1ccccc1OC. The number of benzene rings is 2. The normalized spacial score (nSPS) is 11.4. The van der Waals surface area contributed by atoms with Crippen LogP contribution in [0.1, 0.15) is 18.9 Å². The third-order valence-corrected chi connectivity index (χ3v) is 4.57. The minimum atomic E-state index is -0.602. The minimum absolute atomic E-state index is 0.207. The van der Waals surface area contributed by atoms with Gasteiger partial charge in [-0.15, -0.1) is 0 Å². The van der Waals surface area contributed by atoms with Gasteiger partial charge in [-0.2, -0.15) is 0 Å². The molecule has 0 unspecified atom stereocenters. The van der Waals surface area contributed by atoms with Crippen LogP contribution in [0.3, 0.4) is 0 Å². The van der Waals surface area contributed by atoms with E-state index in [0.29, 0.717) is 22.9 Å². The lowest BCUT2D eigenvalue weighted by atomic mass is 10.1. The number of carbonyl (C=O) groups excluding carboxylic acids is 2. The smallest absolute Gasteiger partial charge is 0.261 e. The number of nitrogens with zero attached hydrogens (tertiary/aromatic N) is 1. The zero-order valence-corrected chi connectivity index (χ0v) is 17.0. The van der Waals surface area contributed by atoms with Crippen molar-refractivity contribution in [2.75, 3.05) is 20.8 Å².